The zero-order valence-corrected chi connectivity index (χ0v) is 13.2. The van der Waals surface area contributed by atoms with Crippen LogP contribution in [0.15, 0.2) is 36.5 Å². The largest absolute Gasteiger partial charge is 0.448 e. The van der Waals surface area contributed by atoms with Gasteiger partial charge >= 0.3 is 5.97 Å². The molecular formula is C17H20N2O3. The van der Waals surface area contributed by atoms with Gasteiger partial charge in [0.15, 0.2) is 6.10 Å². The molecule has 2 aromatic rings. The second-order valence-corrected chi connectivity index (χ2v) is 5.36. The molecule has 0 unspecified atom stereocenters. The number of anilines is 1. The van der Waals surface area contributed by atoms with E-state index in [0.29, 0.717) is 5.69 Å². The van der Waals surface area contributed by atoms with Gasteiger partial charge in [-0.3, -0.25) is 4.79 Å². The molecule has 0 saturated heterocycles. The van der Waals surface area contributed by atoms with Crippen molar-refractivity contribution < 1.29 is 14.3 Å². The van der Waals surface area contributed by atoms with E-state index in [2.05, 4.69) is 5.32 Å². The van der Waals surface area contributed by atoms with E-state index in [1.165, 1.54) is 0 Å². The SMILES string of the molecule is Cc1ccc(C)c(NC(=O)[C@H](C)OC(=O)c2cccn2C)c1. The Hall–Kier alpha value is -2.56. The fraction of sp³-hybridized carbons (Fsp3) is 0.294. The number of ether oxygens (including phenoxy) is 1. The maximum absolute atomic E-state index is 12.2. The predicted molar refractivity (Wildman–Crippen MR) is 84.8 cm³/mol. The molecule has 0 aliphatic heterocycles. The highest BCUT2D eigenvalue weighted by Crippen LogP contribution is 2.17. The molecule has 0 saturated carbocycles. The van der Waals surface area contributed by atoms with E-state index in [0.717, 1.165) is 16.8 Å². The summed E-state index contributed by atoms with van der Waals surface area (Å²) >= 11 is 0. The van der Waals surface area contributed by atoms with Crippen molar-refractivity contribution in [3.05, 3.63) is 53.3 Å². The number of hydrogen-bond donors (Lipinski definition) is 1. The lowest BCUT2D eigenvalue weighted by Crippen LogP contribution is -2.30. The van der Waals surface area contributed by atoms with Gasteiger partial charge in [0, 0.05) is 18.9 Å². The number of nitrogens with one attached hydrogen (secondary N) is 1. The van der Waals surface area contributed by atoms with E-state index in [-0.39, 0.29) is 5.91 Å². The first-order valence-corrected chi connectivity index (χ1v) is 7.09. The fourth-order valence-corrected chi connectivity index (χ4v) is 2.05. The van der Waals surface area contributed by atoms with Crippen LogP contribution < -0.4 is 5.32 Å². The summed E-state index contributed by atoms with van der Waals surface area (Å²) in [5.74, 6) is -0.868. The zero-order valence-electron chi connectivity index (χ0n) is 13.2. The van der Waals surface area contributed by atoms with Crippen LogP contribution in [0.5, 0.6) is 0 Å². The molecule has 2 rings (SSSR count). The molecule has 1 heterocycles. The number of carbonyl (C=O) groups excluding carboxylic acids is 2. The number of aromatic nitrogens is 1. The quantitative estimate of drug-likeness (QED) is 0.883. The Morgan fingerprint density at radius 3 is 2.59 bits per heavy atom. The van der Waals surface area contributed by atoms with Gasteiger partial charge in [-0.1, -0.05) is 12.1 Å². The molecule has 22 heavy (non-hydrogen) atoms. The van der Waals surface area contributed by atoms with Crippen LogP contribution in [0.1, 0.15) is 28.5 Å². The molecule has 0 aliphatic carbocycles. The summed E-state index contributed by atoms with van der Waals surface area (Å²) in [6, 6.07) is 9.20. The molecule has 1 amide bonds. The maximum Gasteiger partial charge on any atom is 0.355 e. The number of esters is 1. The molecule has 1 aromatic heterocycles. The molecule has 0 radical (unpaired) electrons. The van der Waals surface area contributed by atoms with Gasteiger partial charge in [0.05, 0.1) is 0 Å². The number of aryl methyl sites for hydroxylation is 3. The lowest BCUT2D eigenvalue weighted by Gasteiger charge is -2.15. The van der Waals surface area contributed by atoms with Crippen LogP contribution in [-0.4, -0.2) is 22.5 Å². The monoisotopic (exact) mass is 300 g/mol. The minimum absolute atomic E-state index is 0.351. The van der Waals surface area contributed by atoms with Gasteiger partial charge in [0.1, 0.15) is 5.69 Å². The fourth-order valence-electron chi connectivity index (χ4n) is 2.05. The number of benzene rings is 1. The maximum atomic E-state index is 12.2. The van der Waals surface area contributed by atoms with Crippen molar-refractivity contribution in [3.8, 4) is 0 Å². The molecule has 0 aliphatic rings. The van der Waals surface area contributed by atoms with Gasteiger partial charge in [-0.25, -0.2) is 4.79 Å². The standard InChI is InChI=1S/C17H20N2O3/c1-11-7-8-12(2)14(10-11)18-16(20)13(3)22-17(21)15-6-5-9-19(15)4/h5-10,13H,1-4H3,(H,18,20)/t13-/m0/s1. The molecule has 1 atom stereocenters. The lowest BCUT2D eigenvalue weighted by molar-refractivity contribution is -0.123. The third-order valence-corrected chi connectivity index (χ3v) is 3.46. The highest BCUT2D eigenvalue weighted by molar-refractivity contribution is 5.97. The van der Waals surface area contributed by atoms with Crippen LogP contribution in [0.25, 0.3) is 0 Å². The Bertz CT molecular complexity index is 704. The lowest BCUT2D eigenvalue weighted by atomic mass is 10.1. The third kappa shape index (κ3) is 3.55. The smallest absolute Gasteiger partial charge is 0.355 e. The van der Waals surface area contributed by atoms with Crippen LogP contribution in [0, 0.1) is 13.8 Å². The molecular weight excluding hydrogens is 280 g/mol. The molecule has 0 bridgehead atoms. The Balaban J connectivity index is 2.02. The van der Waals surface area contributed by atoms with E-state index in [1.807, 2.05) is 32.0 Å². The van der Waals surface area contributed by atoms with Gasteiger partial charge in [0.25, 0.3) is 5.91 Å². The average Bonchev–Trinajstić information content (AvgIpc) is 2.89. The summed E-state index contributed by atoms with van der Waals surface area (Å²) in [4.78, 5) is 24.2. The van der Waals surface area contributed by atoms with Crippen molar-refractivity contribution in [2.24, 2.45) is 7.05 Å². The van der Waals surface area contributed by atoms with Crippen LogP contribution in [0.4, 0.5) is 5.69 Å². The van der Waals surface area contributed by atoms with E-state index < -0.39 is 12.1 Å². The number of amides is 1. The van der Waals surface area contributed by atoms with E-state index in [4.69, 9.17) is 4.74 Å². The van der Waals surface area contributed by atoms with Gasteiger partial charge in [-0.2, -0.15) is 0 Å². The average molecular weight is 300 g/mol. The van der Waals surface area contributed by atoms with Crippen molar-refractivity contribution >= 4 is 17.6 Å². The van der Waals surface area contributed by atoms with Gasteiger partial charge in [-0.05, 0) is 50.1 Å². The van der Waals surface area contributed by atoms with Crippen LogP contribution in [0.3, 0.4) is 0 Å². The second-order valence-electron chi connectivity index (χ2n) is 5.36. The summed E-state index contributed by atoms with van der Waals surface area (Å²) in [6.07, 6.45) is 0.875. The van der Waals surface area contributed by atoms with E-state index in [1.54, 1.807) is 36.9 Å². The van der Waals surface area contributed by atoms with E-state index >= 15 is 0 Å². The normalized spacial score (nSPS) is 11.8. The Kier molecular flexibility index (Phi) is 4.65. The summed E-state index contributed by atoms with van der Waals surface area (Å²) in [5, 5.41) is 2.79. The van der Waals surface area contributed by atoms with Crippen molar-refractivity contribution in [3.63, 3.8) is 0 Å². The molecule has 0 spiro atoms. The first-order chi connectivity index (χ1) is 10.4. The zero-order chi connectivity index (χ0) is 16.3. The van der Waals surface area contributed by atoms with Gasteiger partial charge < -0.3 is 14.6 Å². The molecule has 116 valence electrons. The van der Waals surface area contributed by atoms with E-state index in [9.17, 15) is 9.59 Å². The molecule has 1 aromatic carbocycles. The van der Waals surface area contributed by atoms with Gasteiger partial charge in [-0.15, -0.1) is 0 Å². The molecule has 0 fully saturated rings. The summed E-state index contributed by atoms with van der Waals surface area (Å²) in [5.41, 5.74) is 3.15. The molecule has 1 N–H and O–H groups in total. The number of hydrogen-bond acceptors (Lipinski definition) is 3. The van der Waals surface area contributed by atoms with Crippen molar-refractivity contribution in [2.45, 2.75) is 26.9 Å². The van der Waals surface area contributed by atoms with Crippen LogP contribution in [0.2, 0.25) is 0 Å². The Morgan fingerprint density at radius 1 is 1.23 bits per heavy atom. The minimum atomic E-state index is -0.873. The predicted octanol–water partition coefficient (Wildman–Crippen LogP) is 2.83. The van der Waals surface area contributed by atoms with Crippen molar-refractivity contribution in [2.75, 3.05) is 5.32 Å². The number of carbonyl (C=O) groups is 2. The topological polar surface area (TPSA) is 60.3 Å². The highest BCUT2D eigenvalue weighted by Gasteiger charge is 2.20. The Labute approximate surface area is 129 Å². The second kappa shape index (κ2) is 6.47. The van der Waals surface area contributed by atoms with Gasteiger partial charge in [0.2, 0.25) is 0 Å². The van der Waals surface area contributed by atoms with Crippen LogP contribution >= 0.6 is 0 Å². The Morgan fingerprint density at radius 2 is 1.95 bits per heavy atom. The number of rotatable bonds is 4. The highest BCUT2D eigenvalue weighted by atomic mass is 16.5. The van der Waals surface area contributed by atoms with Crippen molar-refractivity contribution in [1.29, 1.82) is 0 Å². The summed E-state index contributed by atoms with van der Waals surface area (Å²) in [6.45, 7) is 5.42. The molecule has 5 heteroatoms. The first kappa shape index (κ1) is 15.8. The van der Waals surface area contributed by atoms with Crippen LogP contribution in [-0.2, 0) is 16.6 Å². The molecule has 5 nitrogen and oxygen atoms in total. The summed E-state index contributed by atoms with van der Waals surface area (Å²) in [7, 11) is 1.75. The third-order valence-electron chi connectivity index (χ3n) is 3.46. The summed E-state index contributed by atoms with van der Waals surface area (Å²) < 4.78 is 6.86. The number of nitrogens with zero attached hydrogens (tertiary/aromatic N) is 1. The minimum Gasteiger partial charge on any atom is -0.448 e. The first-order valence-electron chi connectivity index (χ1n) is 7.09. The van der Waals surface area contributed by atoms with Crippen molar-refractivity contribution in [1.82, 2.24) is 4.57 Å².